The minimum absolute atomic E-state index is 0. The second kappa shape index (κ2) is 8.59. The molecule has 0 heterocycles. The topological polar surface area (TPSA) is 41.1 Å². The molecule has 96 valence electrons. The van der Waals surface area contributed by atoms with Gasteiger partial charge in [-0.05, 0) is 31.2 Å². The summed E-state index contributed by atoms with van der Waals surface area (Å²) in [6, 6.07) is 5.38. The van der Waals surface area contributed by atoms with E-state index in [4.69, 9.17) is 23.2 Å². The number of nitrogens with one attached hydrogen (secondary N) is 2. The molecule has 17 heavy (non-hydrogen) atoms. The summed E-state index contributed by atoms with van der Waals surface area (Å²) >= 11 is 12.0. The van der Waals surface area contributed by atoms with Crippen LogP contribution in [0, 0.1) is 0 Å². The second-order valence-corrected chi connectivity index (χ2v) is 4.14. The van der Waals surface area contributed by atoms with Gasteiger partial charge in [-0.15, -0.1) is 12.4 Å². The van der Waals surface area contributed by atoms with Crippen LogP contribution >= 0.6 is 35.6 Å². The largest absolute Gasteiger partial charge is 0.355 e. The van der Waals surface area contributed by atoms with Crippen LogP contribution in [0.1, 0.15) is 5.56 Å². The van der Waals surface area contributed by atoms with Gasteiger partial charge in [-0.1, -0.05) is 29.3 Å². The van der Waals surface area contributed by atoms with E-state index in [1.54, 1.807) is 25.2 Å². The maximum atomic E-state index is 11.2. The Kier molecular flexibility index (Phi) is 8.35. The Morgan fingerprint density at radius 1 is 1.29 bits per heavy atom. The lowest BCUT2D eigenvalue weighted by Crippen LogP contribution is -2.33. The highest BCUT2D eigenvalue weighted by Gasteiger charge is 2.05. The van der Waals surface area contributed by atoms with Gasteiger partial charge in [0.15, 0.2) is 0 Å². The first-order valence-electron chi connectivity index (χ1n) is 4.99. The number of hydrogen-bond donors (Lipinski definition) is 2. The van der Waals surface area contributed by atoms with Gasteiger partial charge in [-0.25, -0.2) is 0 Å². The van der Waals surface area contributed by atoms with Crippen LogP contribution in [0.4, 0.5) is 0 Å². The minimum Gasteiger partial charge on any atom is -0.355 e. The molecule has 1 rings (SSSR count). The first kappa shape index (κ1) is 16.5. The van der Waals surface area contributed by atoms with Crippen molar-refractivity contribution in [3.05, 3.63) is 33.8 Å². The van der Waals surface area contributed by atoms with Gasteiger partial charge in [-0.2, -0.15) is 0 Å². The van der Waals surface area contributed by atoms with E-state index >= 15 is 0 Å². The molecule has 0 saturated carbocycles. The van der Waals surface area contributed by atoms with E-state index in [2.05, 4.69) is 10.6 Å². The van der Waals surface area contributed by atoms with E-state index in [9.17, 15) is 4.79 Å². The lowest BCUT2D eigenvalue weighted by Gasteiger charge is -2.08. The molecule has 0 aliphatic rings. The van der Waals surface area contributed by atoms with Crippen molar-refractivity contribution >= 4 is 41.5 Å². The van der Waals surface area contributed by atoms with E-state index in [1.165, 1.54) is 0 Å². The summed E-state index contributed by atoms with van der Waals surface area (Å²) in [4.78, 5) is 11.2. The van der Waals surface area contributed by atoms with Crippen molar-refractivity contribution in [3.8, 4) is 0 Å². The molecule has 0 spiro atoms. The molecule has 0 bridgehead atoms. The van der Waals surface area contributed by atoms with Gasteiger partial charge < -0.3 is 10.6 Å². The molecule has 6 heteroatoms. The fraction of sp³-hybridized carbons (Fsp3) is 0.364. The average Bonchev–Trinajstić information content (AvgIpc) is 2.23. The van der Waals surface area contributed by atoms with E-state index in [0.717, 1.165) is 5.56 Å². The summed E-state index contributed by atoms with van der Waals surface area (Å²) in [5.74, 6) is -0.0364. The molecule has 2 N–H and O–H groups in total. The summed E-state index contributed by atoms with van der Waals surface area (Å²) < 4.78 is 0. The SMILES string of the molecule is CNCC(=O)NCCc1c(Cl)cccc1Cl.Cl. The van der Waals surface area contributed by atoms with Gasteiger partial charge in [0, 0.05) is 16.6 Å². The molecule has 0 aliphatic heterocycles. The molecule has 0 atom stereocenters. The quantitative estimate of drug-likeness (QED) is 0.875. The van der Waals surface area contributed by atoms with Crippen LogP contribution in [0.25, 0.3) is 0 Å². The normalized spacial score (nSPS) is 9.59. The number of amides is 1. The van der Waals surface area contributed by atoms with Crippen LogP contribution in [0.15, 0.2) is 18.2 Å². The summed E-state index contributed by atoms with van der Waals surface area (Å²) in [5.41, 5.74) is 0.871. The van der Waals surface area contributed by atoms with Gasteiger partial charge in [0.25, 0.3) is 0 Å². The van der Waals surface area contributed by atoms with Crippen LogP contribution in [0.2, 0.25) is 10.0 Å². The van der Waals surface area contributed by atoms with Crippen molar-refractivity contribution in [3.63, 3.8) is 0 Å². The van der Waals surface area contributed by atoms with Gasteiger partial charge in [-0.3, -0.25) is 4.79 Å². The highest BCUT2D eigenvalue weighted by molar-refractivity contribution is 6.35. The summed E-state index contributed by atoms with van der Waals surface area (Å²) in [7, 11) is 1.73. The van der Waals surface area contributed by atoms with Gasteiger partial charge in [0.1, 0.15) is 0 Å². The molecule has 1 amide bonds. The Morgan fingerprint density at radius 3 is 2.41 bits per heavy atom. The van der Waals surface area contributed by atoms with Crippen LogP contribution < -0.4 is 10.6 Å². The van der Waals surface area contributed by atoms with Crippen LogP contribution in [-0.4, -0.2) is 26.0 Å². The molecule has 1 aromatic rings. The maximum absolute atomic E-state index is 11.2. The number of carbonyl (C=O) groups is 1. The third-order valence-corrected chi connectivity index (χ3v) is 2.80. The zero-order valence-electron chi connectivity index (χ0n) is 9.43. The Morgan fingerprint density at radius 2 is 1.88 bits per heavy atom. The molecule has 0 aromatic heterocycles. The molecule has 0 fully saturated rings. The minimum atomic E-state index is -0.0364. The van der Waals surface area contributed by atoms with Gasteiger partial charge in [0.2, 0.25) is 5.91 Å². The summed E-state index contributed by atoms with van der Waals surface area (Å²) in [6.07, 6.45) is 0.633. The van der Waals surface area contributed by atoms with Crippen molar-refractivity contribution in [1.82, 2.24) is 10.6 Å². The van der Waals surface area contributed by atoms with E-state index in [-0.39, 0.29) is 18.3 Å². The Labute approximate surface area is 117 Å². The van der Waals surface area contributed by atoms with Crippen molar-refractivity contribution < 1.29 is 4.79 Å². The van der Waals surface area contributed by atoms with Crippen LogP contribution in [0.3, 0.4) is 0 Å². The molecule has 0 radical (unpaired) electrons. The highest BCUT2D eigenvalue weighted by Crippen LogP contribution is 2.24. The number of benzene rings is 1. The van der Waals surface area contributed by atoms with E-state index in [0.29, 0.717) is 29.6 Å². The molecule has 3 nitrogen and oxygen atoms in total. The Balaban J connectivity index is 0.00000256. The molecule has 0 saturated heterocycles. The number of carbonyl (C=O) groups excluding carboxylic acids is 1. The van der Waals surface area contributed by atoms with Crippen molar-refractivity contribution in [2.45, 2.75) is 6.42 Å². The highest BCUT2D eigenvalue weighted by atomic mass is 35.5. The predicted octanol–water partition coefficient (Wildman–Crippen LogP) is 2.29. The fourth-order valence-corrected chi connectivity index (χ4v) is 1.91. The molecular formula is C11H15Cl3N2O. The number of rotatable bonds is 5. The summed E-state index contributed by atoms with van der Waals surface area (Å²) in [6.45, 7) is 0.847. The fourth-order valence-electron chi connectivity index (χ4n) is 1.32. The monoisotopic (exact) mass is 296 g/mol. The van der Waals surface area contributed by atoms with Gasteiger partial charge >= 0.3 is 0 Å². The number of halogens is 3. The lowest BCUT2D eigenvalue weighted by atomic mass is 10.1. The Bertz CT molecular complexity index is 351. The standard InChI is InChI=1S/C11H14Cl2N2O.ClH/c1-14-7-11(16)15-6-5-8-9(12)3-2-4-10(8)13;/h2-4,14H,5-7H2,1H3,(H,15,16);1H. The number of hydrogen-bond acceptors (Lipinski definition) is 2. The molecule has 0 aliphatic carbocycles. The average molecular weight is 298 g/mol. The van der Waals surface area contributed by atoms with Crippen molar-refractivity contribution in [2.75, 3.05) is 20.1 Å². The molecule has 0 unspecified atom stereocenters. The summed E-state index contributed by atoms with van der Waals surface area (Å²) in [5, 5.41) is 6.81. The zero-order chi connectivity index (χ0) is 12.0. The first-order valence-corrected chi connectivity index (χ1v) is 5.75. The molecule has 1 aromatic carbocycles. The number of likely N-dealkylation sites (N-methyl/N-ethyl adjacent to an activating group) is 1. The molecular weight excluding hydrogens is 282 g/mol. The maximum Gasteiger partial charge on any atom is 0.233 e. The van der Waals surface area contributed by atoms with E-state index in [1.807, 2.05) is 0 Å². The zero-order valence-corrected chi connectivity index (χ0v) is 11.8. The Hall–Kier alpha value is -0.480. The van der Waals surface area contributed by atoms with Gasteiger partial charge in [0.05, 0.1) is 6.54 Å². The van der Waals surface area contributed by atoms with E-state index < -0.39 is 0 Å². The van der Waals surface area contributed by atoms with Crippen molar-refractivity contribution in [2.24, 2.45) is 0 Å². The van der Waals surface area contributed by atoms with Crippen LogP contribution in [-0.2, 0) is 11.2 Å². The third kappa shape index (κ3) is 5.59. The van der Waals surface area contributed by atoms with Crippen LogP contribution in [0.5, 0.6) is 0 Å². The third-order valence-electron chi connectivity index (χ3n) is 2.10. The predicted molar refractivity (Wildman–Crippen MR) is 74.4 cm³/mol. The first-order chi connectivity index (χ1) is 7.65. The smallest absolute Gasteiger partial charge is 0.233 e. The van der Waals surface area contributed by atoms with Crippen molar-refractivity contribution in [1.29, 1.82) is 0 Å². The second-order valence-electron chi connectivity index (χ2n) is 3.33. The lowest BCUT2D eigenvalue weighted by molar-refractivity contribution is -0.120.